The Balaban J connectivity index is 1.44. The van der Waals surface area contributed by atoms with Gasteiger partial charge in [0.05, 0.1) is 5.69 Å². The van der Waals surface area contributed by atoms with Gasteiger partial charge in [-0.2, -0.15) is 0 Å². The van der Waals surface area contributed by atoms with E-state index in [0.29, 0.717) is 34.7 Å². The second-order valence-corrected chi connectivity index (χ2v) is 7.37. The molecule has 0 fully saturated rings. The number of nitrogens with two attached hydrogens (primary N) is 1. The quantitative estimate of drug-likeness (QED) is 0.500. The van der Waals surface area contributed by atoms with Gasteiger partial charge < -0.3 is 20.2 Å². The first-order valence-electron chi connectivity index (χ1n) is 9.78. The van der Waals surface area contributed by atoms with Gasteiger partial charge in [-0.05, 0) is 67.4 Å². The molecule has 0 spiro atoms. The first-order chi connectivity index (χ1) is 14.9. The Hall–Kier alpha value is -4.13. The van der Waals surface area contributed by atoms with E-state index in [9.17, 15) is 9.59 Å². The van der Waals surface area contributed by atoms with Crippen molar-refractivity contribution in [2.75, 3.05) is 5.32 Å². The van der Waals surface area contributed by atoms with E-state index in [1.54, 1.807) is 49.4 Å². The van der Waals surface area contributed by atoms with Gasteiger partial charge in [0.1, 0.15) is 18.0 Å². The summed E-state index contributed by atoms with van der Waals surface area (Å²) < 4.78 is 7.81. The lowest BCUT2D eigenvalue weighted by atomic mass is 10.1. The highest BCUT2D eigenvalue weighted by Gasteiger charge is 2.11. The summed E-state index contributed by atoms with van der Waals surface area (Å²) >= 11 is 0. The van der Waals surface area contributed by atoms with Gasteiger partial charge >= 0.3 is 0 Å². The number of hydrogen-bond acceptors (Lipinski definition) is 4. The molecule has 0 bridgehead atoms. The molecule has 0 aliphatic carbocycles. The predicted molar refractivity (Wildman–Crippen MR) is 118 cm³/mol. The van der Waals surface area contributed by atoms with E-state index in [-0.39, 0.29) is 5.91 Å². The lowest BCUT2D eigenvalue weighted by molar-refractivity contribution is 0.0997. The van der Waals surface area contributed by atoms with Gasteiger partial charge in [0.15, 0.2) is 0 Å². The average Bonchev–Trinajstić information content (AvgIpc) is 3.14. The summed E-state index contributed by atoms with van der Waals surface area (Å²) in [5.41, 5.74) is 10.3. The highest BCUT2D eigenvalue weighted by Crippen LogP contribution is 2.19. The van der Waals surface area contributed by atoms with Crippen LogP contribution in [0.5, 0.6) is 5.75 Å². The third-order valence-corrected chi connectivity index (χ3v) is 4.88. The van der Waals surface area contributed by atoms with Crippen molar-refractivity contribution in [3.8, 4) is 5.75 Å². The van der Waals surface area contributed by atoms with Gasteiger partial charge in [-0.15, -0.1) is 0 Å². The predicted octanol–water partition coefficient (Wildman–Crippen LogP) is 3.88. The number of imidazole rings is 1. The van der Waals surface area contributed by atoms with Crippen molar-refractivity contribution in [2.24, 2.45) is 5.73 Å². The Morgan fingerprint density at radius 2 is 1.90 bits per heavy atom. The number of nitrogens with zero attached hydrogens (tertiary/aromatic N) is 2. The van der Waals surface area contributed by atoms with Gasteiger partial charge in [-0.3, -0.25) is 9.59 Å². The summed E-state index contributed by atoms with van der Waals surface area (Å²) in [5.74, 6) is -0.206. The van der Waals surface area contributed by atoms with Crippen LogP contribution in [0.4, 0.5) is 5.69 Å². The molecule has 0 saturated carbocycles. The molecule has 2 aromatic carbocycles. The number of primary amides is 1. The van der Waals surface area contributed by atoms with Crippen molar-refractivity contribution in [2.45, 2.75) is 20.5 Å². The molecule has 3 N–H and O–H groups in total. The van der Waals surface area contributed by atoms with E-state index in [0.717, 1.165) is 16.9 Å². The fourth-order valence-electron chi connectivity index (χ4n) is 3.33. The smallest absolute Gasteiger partial charge is 0.255 e. The maximum absolute atomic E-state index is 12.6. The number of carbonyl (C=O) groups is 2. The number of ether oxygens (including phenoxy) is 1. The minimum atomic E-state index is -0.499. The zero-order chi connectivity index (χ0) is 22.0. The van der Waals surface area contributed by atoms with Crippen LogP contribution in [0.25, 0.3) is 5.65 Å². The van der Waals surface area contributed by atoms with Crippen LogP contribution in [0.15, 0.2) is 67.0 Å². The maximum atomic E-state index is 12.6. The highest BCUT2D eigenvalue weighted by molar-refractivity contribution is 6.05. The summed E-state index contributed by atoms with van der Waals surface area (Å²) in [6.07, 6.45) is 3.94. The number of aromatic nitrogens is 2. The number of rotatable bonds is 6. The molecule has 4 aromatic rings. The van der Waals surface area contributed by atoms with E-state index in [2.05, 4.69) is 10.3 Å². The number of anilines is 1. The Kier molecular flexibility index (Phi) is 5.41. The lowest BCUT2D eigenvalue weighted by Gasteiger charge is -2.10. The Morgan fingerprint density at radius 1 is 1.06 bits per heavy atom. The summed E-state index contributed by atoms with van der Waals surface area (Å²) in [6.45, 7) is 4.09. The molecule has 7 nitrogen and oxygen atoms in total. The largest absolute Gasteiger partial charge is 0.487 e. The summed E-state index contributed by atoms with van der Waals surface area (Å²) in [4.78, 5) is 28.5. The number of pyridine rings is 1. The Bertz CT molecular complexity index is 1290. The van der Waals surface area contributed by atoms with Crippen LogP contribution in [0.1, 0.15) is 37.5 Å². The van der Waals surface area contributed by atoms with Crippen molar-refractivity contribution in [1.29, 1.82) is 0 Å². The van der Waals surface area contributed by atoms with E-state index < -0.39 is 5.91 Å². The normalized spacial score (nSPS) is 10.8. The fourth-order valence-corrected chi connectivity index (χ4v) is 3.33. The lowest BCUT2D eigenvalue weighted by Crippen LogP contribution is -2.15. The fraction of sp³-hybridized carbons (Fsp3) is 0.125. The van der Waals surface area contributed by atoms with E-state index in [4.69, 9.17) is 10.5 Å². The number of fused-ring (bicyclic) bond motifs is 1. The number of carbonyl (C=O) groups excluding carboxylic acids is 2. The van der Waals surface area contributed by atoms with Crippen molar-refractivity contribution in [1.82, 2.24) is 9.38 Å². The molecule has 0 aliphatic rings. The molecule has 2 aromatic heterocycles. The van der Waals surface area contributed by atoms with Crippen molar-refractivity contribution in [3.63, 3.8) is 0 Å². The maximum Gasteiger partial charge on any atom is 0.255 e. The molecule has 0 atom stereocenters. The van der Waals surface area contributed by atoms with Gasteiger partial charge in [-0.25, -0.2) is 4.98 Å². The van der Waals surface area contributed by atoms with Crippen LogP contribution in [-0.2, 0) is 6.61 Å². The standard InChI is InChI=1S/C24H22N4O3/c1-15-6-9-22-26-19(13-28(22)12-15)14-31-20-5-3-4-17(11-20)24(30)27-18-7-8-21(23(25)29)16(2)10-18/h3-13H,14H2,1-2H3,(H2,25,29)(H,27,30). The second kappa shape index (κ2) is 8.31. The summed E-state index contributed by atoms with van der Waals surface area (Å²) in [7, 11) is 0. The molecular weight excluding hydrogens is 392 g/mol. The van der Waals surface area contributed by atoms with Crippen molar-refractivity contribution < 1.29 is 14.3 Å². The second-order valence-electron chi connectivity index (χ2n) is 7.37. The summed E-state index contributed by atoms with van der Waals surface area (Å²) in [5, 5.41) is 2.83. The van der Waals surface area contributed by atoms with Crippen molar-refractivity contribution >= 4 is 23.1 Å². The van der Waals surface area contributed by atoms with Crippen LogP contribution < -0.4 is 15.8 Å². The molecule has 156 valence electrons. The SMILES string of the molecule is Cc1ccc2nc(COc3cccc(C(=O)Nc4ccc(C(N)=O)c(C)c4)c3)cn2c1. The van der Waals surface area contributed by atoms with Crippen LogP contribution in [0, 0.1) is 13.8 Å². The van der Waals surface area contributed by atoms with Crippen LogP contribution in [-0.4, -0.2) is 21.2 Å². The Labute approximate surface area is 179 Å². The molecule has 0 unspecified atom stereocenters. The molecule has 31 heavy (non-hydrogen) atoms. The molecule has 0 saturated heterocycles. The summed E-state index contributed by atoms with van der Waals surface area (Å²) in [6, 6.07) is 15.9. The van der Waals surface area contributed by atoms with Gasteiger partial charge in [0.25, 0.3) is 5.91 Å². The first-order valence-corrected chi connectivity index (χ1v) is 9.78. The number of aryl methyl sites for hydroxylation is 2. The number of amides is 2. The van der Waals surface area contributed by atoms with Gasteiger partial charge in [0.2, 0.25) is 5.91 Å². The average molecular weight is 414 g/mol. The number of nitrogens with one attached hydrogen (secondary N) is 1. The zero-order valence-electron chi connectivity index (χ0n) is 17.3. The number of benzene rings is 2. The topological polar surface area (TPSA) is 98.7 Å². The van der Waals surface area contributed by atoms with Crippen LogP contribution >= 0.6 is 0 Å². The zero-order valence-corrected chi connectivity index (χ0v) is 17.3. The molecule has 2 amide bonds. The molecule has 4 rings (SSSR count). The molecule has 0 aliphatic heterocycles. The molecule has 0 radical (unpaired) electrons. The monoisotopic (exact) mass is 414 g/mol. The number of hydrogen-bond donors (Lipinski definition) is 2. The first kappa shape index (κ1) is 20.2. The van der Waals surface area contributed by atoms with Crippen molar-refractivity contribution in [3.05, 3.63) is 94.9 Å². The van der Waals surface area contributed by atoms with Crippen LogP contribution in [0.3, 0.4) is 0 Å². The molecule has 7 heteroatoms. The molecular formula is C24H22N4O3. The Morgan fingerprint density at radius 3 is 2.68 bits per heavy atom. The van der Waals surface area contributed by atoms with Crippen LogP contribution in [0.2, 0.25) is 0 Å². The minimum Gasteiger partial charge on any atom is -0.487 e. The minimum absolute atomic E-state index is 0.278. The molecule has 2 heterocycles. The third-order valence-electron chi connectivity index (χ3n) is 4.88. The van der Waals surface area contributed by atoms with E-state index in [1.807, 2.05) is 35.9 Å². The van der Waals surface area contributed by atoms with Gasteiger partial charge in [-0.1, -0.05) is 12.1 Å². The highest BCUT2D eigenvalue weighted by atomic mass is 16.5. The van der Waals surface area contributed by atoms with E-state index >= 15 is 0 Å². The van der Waals surface area contributed by atoms with Gasteiger partial charge in [0, 0.05) is 29.2 Å². The third kappa shape index (κ3) is 4.56. The van der Waals surface area contributed by atoms with E-state index in [1.165, 1.54) is 0 Å².